The van der Waals surface area contributed by atoms with E-state index in [1.807, 2.05) is 24.3 Å². The molecule has 4 heterocycles. The summed E-state index contributed by atoms with van der Waals surface area (Å²) in [5, 5.41) is 1.07. The number of hydrogen-bond acceptors (Lipinski definition) is 4. The molecule has 1 N–H and O–H groups in total. The summed E-state index contributed by atoms with van der Waals surface area (Å²) in [5.41, 5.74) is 1.67. The average molecular weight is 373 g/mol. The van der Waals surface area contributed by atoms with Crippen molar-refractivity contribution in [2.45, 2.75) is 31.3 Å². The quantitative estimate of drug-likeness (QED) is 0.765. The predicted molar refractivity (Wildman–Crippen MR) is 95.4 cm³/mol. The van der Waals surface area contributed by atoms with E-state index in [1.54, 1.807) is 11.8 Å². The van der Waals surface area contributed by atoms with Gasteiger partial charge in [0, 0.05) is 17.4 Å². The Labute approximate surface area is 150 Å². The molecule has 2 aromatic rings. The first-order valence-corrected chi connectivity index (χ1v) is 10.6. The molecule has 1 aromatic heterocycles. The van der Waals surface area contributed by atoms with E-state index in [9.17, 15) is 18.0 Å². The maximum atomic E-state index is 13.4. The zero-order valence-corrected chi connectivity index (χ0v) is 15.2. The SMILES string of the molecule is C[C@@]12C(=O)N([C@H]3CCS(=O)(=O)C3)C(=O)N1CCc1c2[nH]c2ccccc12. The van der Waals surface area contributed by atoms with Crippen LogP contribution in [0.25, 0.3) is 10.9 Å². The summed E-state index contributed by atoms with van der Waals surface area (Å²) >= 11 is 0. The molecule has 1 aromatic carbocycles. The molecule has 0 bridgehead atoms. The van der Waals surface area contributed by atoms with Gasteiger partial charge in [0.1, 0.15) is 0 Å². The molecule has 3 aliphatic rings. The number of hydrogen-bond donors (Lipinski definition) is 1. The Kier molecular flexibility index (Phi) is 2.98. The second kappa shape index (κ2) is 4.88. The van der Waals surface area contributed by atoms with Gasteiger partial charge in [0.05, 0.1) is 23.2 Å². The Hall–Kier alpha value is -2.35. The van der Waals surface area contributed by atoms with E-state index in [-0.39, 0.29) is 23.4 Å². The smallest absolute Gasteiger partial charge is 0.328 e. The van der Waals surface area contributed by atoms with Crippen molar-refractivity contribution < 1.29 is 18.0 Å². The molecule has 26 heavy (non-hydrogen) atoms. The van der Waals surface area contributed by atoms with Gasteiger partial charge in [-0.25, -0.2) is 13.2 Å². The molecule has 0 saturated carbocycles. The summed E-state index contributed by atoms with van der Waals surface area (Å²) < 4.78 is 23.7. The largest absolute Gasteiger partial charge is 0.356 e. The first-order valence-electron chi connectivity index (χ1n) is 8.79. The second-order valence-electron chi connectivity index (χ2n) is 7.51. The van der Waals surface area contributed by atoms with Crippen molar-refractivity contribution in [3.63, 3.8) is 0 Å². The summed E-state index contributed by atoms with van der Waals surface area (Å²) in [6, 6.07) is 6.94. The van der Waals surface area contributed by atoms with Crippen LogP contribution in [0.5, 0.6) is 0 Å². The number of benzene rings is 1. The minimum Gasteiger partial charge on any atom is -0.356 e. The van der Waals surface area contributed by atoms with Crippen molar-refractivity contribution in [3.8, 4) is 0 Å². The number of aromatic nitrogens is 1. The number of carbonyl (C=O) groups excluding carboxylic acids is 2. The molecule has 0 aliphatic carbocycles. The number of fused-ring (bicyclic) bond motifs is 5. The third kappa shape index (κ3) is 1.85. The Morgan fingerprint density at radius 1 is 1.23 bits per heavy atom. The fourth-order valence-corrected chi connectivity index (χ4v) is 6.42. The van der Waals surface area contributed by atoms with Gasteiger partial charge >= 0.3 is 6.03 Å². The first-order chi connectivity index (χ1) is 12.3. The predicted octanol–water partition coefficient (Wildman–Crippen LogP) is 1.39. The number of H-pyrrole nitrogens is 1. The van der Waals surface area contributed by atoms with Crippen molar-refractivity contribution in [2.75, 3.05) is 18.1 Å². The van der Waals surface area contributed by atoms with Crippen molar-refractivity contribution in [2.24, 2.45) is 0 Å². The summed E-state index contributed by atoms with van der Waals surface area (Å²) in [6.45, 7) is 2.22. The number of nitrogens with zero attached hydrogens (tertiary/aromatic N) is 2. The van der Waals surface area contributed by atoms with E-state index in [2.05, 4.69) is 4.98 Å². The van der Waals surface area contributed by atoms with Crippen molar-refractivity contribution in [1.82, 2.24) is 14.8 Å². The van der Waals surface area contributed by atoms with Gasteiger partial charge in [0.2, 0.25) is 0 Å². The van der Waals surface area contributed by atoms with E-state index in [0.29, 0.717) is 19.4 Å². The lowest BCUT2D eigenvalue weighted by molar-refractivity contribution is -0.134. The molecular formula is C18H19N3O4S. The zero-order chi connectivity index (χ0) is 18.3. The summed E-state index contributed by atoms with van der Waals surface area (Å²) in [5.74, 6) is -0.422. The van der Waals surface area contributed by atoms with Crippen LogP contribution in [0.1, 0.15) is 24.6 Å². The van der Waals surface area contributed by atoms with Crippen LogP contribution in [0.15, 0.2) is 24.3 Å². The molecule has 5 rings (SSSR count). The molecule has 2 fully saturated rings. The molecule has 136 valence electrons. The average Bonchev–Trinajstić information content (AvgIpc) is 3.21. The molecule has 3 aliphatic heterocycles. The fraction of sp³-hybridized carbons (Fsp3) is 0.444. The number of urea groups is 1. The van der Waals surface area contributed by atoms with Gasteiger partial charge in [-0.05, 0) is 31.4 Å². The van der Waals surface area contributed by atoms with Crippen LogP contribution in [0.2, 0.25) is 0 Å². The lowest BCUT2D eigenvalue weighted by Gasteiger charge is -2.36. The fourth-order valence-electron chi connectivity index (χ4n) is 4.72. The molecule has 2 atom stereocenters. The number of aromatic amines is 1. The van der Waals surface area contributed by atoms with Crippen molar-refractivity contribution in [3.05, 3.63) is 35.5 Å². The highest BCUT2D eigenvalue weighted by Gasteiger charge is 2.60. The molecule has 7 nitrogen and oxygen atoms in total. The summed E-state index contributed by atoms with van der Waals surface area (Å²) in [6.07, 6.45) is 0.994. The van der Waals surface area contributed by atoms with E-state index in [1.165, 1.54) is 4.90 Å². The van der Waals surface area contributed by atoms with Gasteiger partial charge in [0.15, 0.2) is 15.4 Å². The molecule has 0 spiro atoms. The number of sulfone groups is 1. The number of amides is 3. The maximum Gasteiger partial charge on any atom is 0.328 e. The zero-order valence-electron chi connectivity index (χ0n) is 14.4. The Morgan fingerprint density at radius 3 is 2.73 bits per heavy atom. The second-order valence-corrected chi connectivity index (χ2v) is 9.74. The highest BCUT2D eigenvalue weighted by atomic mass is 32.2. The van der Waals surface area contributed by atoms with E-state index in [0.717, 1.165) is 22.2 Å². The van der Waals surface area contributed by atoms with Gasteiger partial charge in [-0.2, -0.15) is 0 Å². The number of imide groups is 1. The van der Waals surface area contributed by atoms with Crippen LogP contribution in [0.4, 0.5) is 4.79 Å². The highest BCUT2D eigenvalue weighted by molar-refractivity contribution is 7.91. The van der Waals surface area contributed by atoms with Crippen LogP contribution in [-0.2, 0) is 26.6 Å². The number of carbonyl (C=O) groups is 2. The monoisotopic (exact) mass is 373 g/mol. The summed E-state index contributed by atoms with van der Waals surface area (Å²) in [4.78, 5) is 32.5. The maximum absolute atomic E-state index is 13.4. The molecule has 0 radical (unpaired) electrons. The van der Waals surface area contributed by atoms with E-state index >= 15 is 0 Å². The topological polar surface area (TPSA) is 90.6 Å². The molecular weight excluding hydrogens is 354 g/mol. The third-order valence-corrected chi connectivity index (χ3v) is 7.82. The Bertz CT molecular complexity index is 1070. The third-order valence-electron chi connectivity index (χ3n) is 6.07. The Balaban J connectivity index is 1.64. The van der Waals surface area contributed by atoms with Crippen LogP contribution in [0, 0.1) is 0 Å². The number of rotatable bonds is 1. The lowest BCUT2D eigenvalue weighted by Crippen LogP contribution is -2.49. The minimum absolute atomic E-state index is 0.0308. The van der Waals surface area contributed by atoms with Gasteiger partial charge in [-0.3, -0.25) is 9.69 Å². The first kappa shape index (κ1) is 15.9. The normalized spacial score (nSPS) is 30.1. The number of nitrogens with one attached hydrogen (secondary N) is 1. The van der Waals surface area contributed by atoms with E-state index < -0.39 is 21.4 Å². The lowest BCUT2D eigenvalue weighted by atomic mass is 9.87. The highest BCUT2D eigenvalue weighted by Crippen LogP contribution is 2.45. The van der Waals surface area contributed by atoms with E-state index in [4.69, 9.17) is 0 Å². The molecule has 3 amide bonds. The minimum atomic E-state index is -3.19. The van der Waals surface area contributed by atoms with Gasteiger partial charge in [-0.1, -0.05) is 18.2 Å². The summed E-state index contributed by atoms with van der Waals surface area (Å²) in [7, 11) is -3.19. The molecule has 0 unspecified atom stereocenters. The standard InChI is InChI=1S/C18H19N3O4S/c1-18-15-13(12-4-2-3-5-14(12)19-15)6-8-20(18)17(23)21(16(18)22)11-7-9-26(24,25)10-11/h2-5,11,19H,6-10H2,1H3/t11-,18+/m0/s1. The van der Waals surface area contributed by atoms with Crippen molar-refractivity contribution >= 4 is 32.7 Å². The Morgan fingerprint density at radius 2 is 2.00 bits per heavy atom. The van der Waals surface area contributed by atoms with Gasteiger partial charge in [0.25, 0.3) is 5.91 Å². The van der Waals surface area contributed by atoms with Crippen molar-refractivity contribution in [1.29, 1.82) is 0 Å². The molecule has 8 heteroatoms. The van der Waals surface area contributed by atoms with Crippen LogP contribution in [0.3, 0.4) is 0 Å². The van der Waals surface area contributed by atoms with Crippen LogP contribution in [-0.4, -0.2) is 59.2 Å². The number of para-hydroxylation sites is 1. The van der Waals surface area contributed by atoms with Crippen LogP contribution >= 0.6 is 0 Å². The molecule has 2 saturated heterocycles. The van der Waals surface area contributed by atoms with Crippen LogP contribution < -0.4 is 0 Å². The van der Waals surface area contributed by atoms with Gasteiger partial charge in [-0.15, -0.1) is 0 Å². The van der Waals surface area contributed by atoms with Gasteiger partial charge < -0.3 is 9.88 Å².